The number of rotatable bonds is 11. The zero-order valence-electron chi connectivity index (χ0n) is 16.5. The third-order valence-electron chi connectivity index (χ3n) is 4.45. The normalized spacial score (nSPS) is 13.0. The van der Waals surface area contributed by atoms with Gasteiger partial charge in [-0.25, -0.2) is 4.39 Å². The maximum atomic E-state index is 13.6. The standard InChI is InChI=1S/C24H25FO5/c25-20-12-7-13-22(24(20)27)30-23(17-29-15-19-10-5-2-6-11-19)21(26)16-28-14-18-8-3-1-4-9-18/h1-13,21,23,26-27H,14-17H2/t21?,23-/m0/s1. The molecule has 0 saturated heterocycles. The van der Waals surface area contributed by atoms with E-state index >= 15 is 0 Å². The van der Waals surface area contributed by atoms with Crippen LogP contribution >= 0.6 is 0 Å². The fourth-order valence-corrected chi connectivity index (χ4v) is 2.82. The van der Waals surface area contributed by atoms with Gasteiger partial charge in [0.2, 0.25) is 0 Å². The summed E-state index contributed by atoms with van der Waals surface area (Å²) in [6.45, 7) is 0.680. The first-order valence-electron chi connectivity index (χ1n) is 9.69. The van der Waals surface area contributed by atoms with Gasteiger partial charge in [-0.3, -0.25) is 0 Å². The zero-order chi connectivity index (χ0) is 21.2. The first-order valence-corrected chi connectivity index (χ1v) is 9.69. The fraction of sp³-hybridized carbons (Fsp3) is 0.250. The molecule has 0 amide bonds. The van der Waals surface area contributed by atoms with E-state index in [1.165, 1.54) is 12.1 Å². The summed E-state index contributed by atoms with van der Waals surface area (Å²) in [7, 11) is 0. The van der Waals surface area contributed by atoms with Gasteiger partial charge < -0.3 is 24.4 Å². The Morgan fingerprint density at radius 1 is 0.733 bits per heavy atom. The number of hydrogen-bond acceptors (Lipinski definition) is 5. The molecule has 3 aromatic rings. The van der Waals surface area contributed by atoms with E-state index in [2.05, 4.69) is 0 Å². The first kappa shape index (κ1) is 21.8. The molecule has 0 aliphatic rings. The lowest BCUT2D eigenvalue weighted by Gasteiger charge is -2.24. The molecular formula is C24H25FO5. The maximum Gasteiger partial charge on any atom is 0.194 e. The molecule has 0 radical (unpaired) electrons. The molecule has 2 N–H and O–H groups in total. The van der Waals surface area contributed by atoms with Gasteiger partial charge in [0, 0.05) is 0 Å². The summed E-state index contributed by atoms with van der Waals surface area (Å²) >= 11 is 0. The lowest BCUT2D eigenvalue weighted by atomic mass is 10.2. The molecule has 5 nitrogen and oxygen atoms in total. The number of aliphatic hydroxyl groups is 1. The van der Waals surface area contributed by atoms with Crippen LogP contribution in [0.5, 0.6) is 11.5 Å². The number of ether oxygens (including phenoxy) is 3. The van der Waals surface area contributed by atoms with Crippen molar-refractivity contribution in [2.75, 3.05) is 13.2 Å². The van der Waals surface area contributed by atoms with Crippen molar-refractivity contribution in [1.82, 2.24) is 0 Å². The van der Waals surface area contributed by atoms with E-state index in [4.69, 9.17) is 14.2 Å². The molecule has 0 saturated carbocycles. The average Bonchev–Trinajstić information content (AvgIpc) is 2.77. The third kappa shape index (κ3) is 6.56. The van der Waals surface area contributed by atoms with Gasteiger partial charge in [-0.15, -0.1) is 0 Å². The summed E-state index contributed by atoms with van der Waals surface area (Å²) in [6.07, 6.45) is -1.91. The highest BCUT2D eigenvalue weighted by molar-refractivity contribution is 5.39. The summed E-state index contributed by atoms with van der Waals surface area (Å²) in [5, 5.41) is 20.5. The van der Waals surface area contributed by atoms with Gasteiger partial charge in [0.1, 0.15) is 6.10 Å². The summed E-state index contributed by atoms with van der Waals surface area (Å²) in [5.74, 6) is -1.47. The molecule has 0 fully saturated rings. The molecule has 0 aliphatic heterocycles. The van der Waals surface area contributed by atoms with E-state index in [0.29, 0.717) is 13.2 Å². The van der Waals surface area contributed by atoms with Crippen molar-refractivity contribution in [3.8, 4) is 11.5 Å². The highest BCUT2D eigenvalue weighted by Gasteiger charge is 2.24. The molecule has 158 valence electrons. The molecule has 0 aliphatic carbocycles. The van der Waals surface area contributed by atoms with Gasteiger partial charge in [-0.05, 0) is 23.3 Å². The Hall–Kier alpha value is -2.93. The van der Waals surface area contributed by atoms with E-state index in [9.17, 15) is 14.6 Å². The van der Waals surface area contributed by atoms with Crippen molar-refractivity contribution >= 4 is 0 Å². The molecule has 0 bridgehead atoms. The monoisotopic (exact) mass is 412 g/mol. The van der Waals surface area contributed by atoms with Crippen LogP contribution in [0, 0.1) is 5.82 Å². The Balaban J connectivity index is 1.60. The molecule has 0 spiro atoms. The number of phenols is 1. The van der Waals surface area contributed by atoms with E-state index in [-0.39, 0.29) is 19.0 Å². The number of hydrogen-bond donors (Lipinski definition) is 2. The highest BCUT2D eigenvalue weighted by atomic mass is 19.1. The van der Waals surface area contributed by atoms with Crippen LogP contribution < -0.4 is 4.74 Å². The number of halogens is 1. The Kier molecular flexibility index (Phi) is 8.20. The van der Waals surface area contributed by atoms with Gasteiger partial charge in [0.05, 0.1) is 26.4 Å². The van der Waals surface area contributed by atoms with Crippen molar-refractivity contribution in [3.63, 3.8) is 0 Å². The van der Waals surface area contributed by atoms with Crippen LogP contribution in [-0.4, -0.2) is 35.6 Å². The SMILES string of the molecule is Oc1c(F)cccc1O[C@@H](COCc1ccccc1)C(O)COCc1ccccc1. The molecule has 6 heteroatoms. The molecule has 3 rings (SSSR count). The molecule has 1 unspecified atom stereocenters. The largest absolute Gasteiger partial charge is 0.502 e. The van der Waals surface area contributed by atoms with Crippen molar-refractivity contribution < 1.29 is 28.8 Å². The summed E-state index contributed by atoms with van der Waals surface area (Å²) in [6, 6.07) is 23.1. The topological polar surface area (TPSA) is 68.2 Å². The second kappa shape index (κ2) is 11.3. The lowest BCUT2D eigenvalue weighted by molar-refractivity contribution is -0.0658. The second-order valence-corrected chi connectivity index (χ2v) is 6.81. The van der Waals surface area contributed by atoms with Crippen LogP contribution in [0.1, 0.15) is 11.1 Å². The fourth-order valence-electron chi connectivity index (χ4n) is 2.82. The van der Waals surface area contributed by atoms with E-state index in [1.807, 2.05) is 60.7 Å². The quantitative estimate of drug-likeness (QED) is 0.497. The number of benzene rings is 3. The molecule has 3 aromatic carbocycles. The third-order valence-corrected chi connectivity index (χ3v) is 4.45. The maximum absolute atomic E-state index is 13.6. The van der Waals surface area contributed by atoms with Crippen LogP contribution in [0.3, 0.4) is 0 Å². The van der Waals surface area contributed by atoms with E-state index in [1.54, 1.807) is 0 Å². The molecule has 30 heavy (non-hydrogen) atoms. The summed E-state index contributed by atoms with van der Waals surface area (Å²) in [5.41, 5.74) is 1.95. The smallest absolute Gasteiger partial charge is 0.194 e. The van der Waals surface area contributed by atoms with Crippen molar-refractivity contribution in [3.05, 3.63) is 95.8 Å². The number of phenolic OH excluding ortho intramolecular Hbond substituents is 1. The van der Waals surface area contributed by atoms with Crippen LogP contribution in [0.25, 0.3) is 0 Å². The molecular weight excluding hydrogens is 387 g/mol. The van der Waals surface area contributed by atoms with Crippen molar-refractivity contribution in [1.29, 1.82) is 0 Å². The Morgan fingerprint density at radius 2 is 1.30 bits per heavy atom. The van der Waals surface area contributed by atoms with Crippen LogP contribution in [0.15, 0.2) is 78.9 Å². The van der Waals surface area contributed by atoms with Gasteiger partial charge in [-0.2, -0.15) is 0 Å². The zero-order valence-corrected chi connectivity index (χ0v) is 16.5. The van der Waals surface area contributed by atoms with Gasteiger partial charge in [-0.1, -0.05) is 66.7 Å². The number of aromatic hydroxyl groups is 1. The minimum absolute atomic E-state index is 0.00959. The summed E-state index contributed by atoms with van der Waals surface area (Å²) < 4.78 is 30.6. The Labute approximate surface area is 175 Å². The predicted octanol–water partition coefficient (Wildman–Crippen LogP) is 4.07. The first-order chi connectivity index (χ1) is 14.6. The van der Waals surface area contributed by atoms with Crippen LogP contribution in [0.4, 0.5) is 4.39 Å². The van der Waals surface area contributed by atoms with E-state index in [0.717, 1.165) is 17.2 Å². The molecule has 0 heterocycles. The summed E-state index contributed by atoms with van der Waals surface area (Å²) in [4.78, 5) is 0. The minimum atomic E-state index is -1.05. The van der Waals surface area contributed by atoms with Gasteiger partial charge >= 0.3 is 0 Å². The average molecular weight is 412 g/mol. The van der Waals surface area contributed by atoms with Crippen molar-refractivity contribution in [2.45, 2.75) is 25.4 Å². The minimum Gasteiger partial charge on any atom is -0.502 e. The van der Waals surface area contributed by atoms with Crippen molar-refractivity contribution in [2.24, 2.45) is 0 Å². The van der Waals surface area contributed by atoms with Crippen LogP contribution in [0.2, 0.25) is 0 Å². The van der Waals surface area contributed by atoms with Crippen LogP contribution in [-0.2, 0) is 22.7 Å². The number of aliphatic hydroxyl groups excluding tert-OH is 1. The highest BCUT2D eigenvalue weighted by Crippen LogP contribution is 2.29. The number of para-hydroxylation sites is 1. The van der Waals surface area contributed by atoms with E-state index < -0.39 is 23.8 Å². The van der Waals surface area contributed by atoms with Gasteiger partial charge in [0.25, 0.3) is 0 Å². The predicted molar refractivity (Wildman–Crippen MR) is 111 cm³/mol. The Bertz CT molecular complexity index is 889. The lowest BCUT2D eigenvalue weighted by Crippen LogP contribution is -2.39. The second-order valence-electron chi connectivity index (χ2n) is 6.81. The van der Waals surface area contributed by atoms with Gasteiger partial charge in [0.15, 0.2) is 23.4 Å². The molecule has 0 aromatic heterocycles. The molecule has 2 atom stereocenters. The Morgan fingerprint density at radius 3 is 1.90 bits per heavy atom.